The lowest BCUT2D eigenvalue weighted by molar-refractivity contribution is -0.384. The van der Waals surface area contributed by atoms with Crippen LogP contribution < -0.4 is 5.32 Å². The van der Waals surface area contributed by atoms with Crippen LogP contribution in [0.1, 0.15) is 31.3 Å². The summed E-state index contributed by atoms with van der Waals surface area (Å²) in [5.74, 6) is -0.196. The Morgan fingerprint density at radius 2 is 1.77 bits per heavy atom. The second-order valence-electron chi connectivity index (χ2n) is 6.93. The maximum atomic E-state index is 12.4. The first kappa shape index (κ1) is 19.2. The van der Waals surface area contributed by atoms with Gasteiger partial charge in [0.2, 0.25) is 5.91 Å². The maximum Gasteiger partial charge on any atom is 0.289 e. The molecule has 0 radical (unpaired) electrons. The van der Waals surface area contributed by atoms with E-state index in [9.17, 15) is 19.7 Å². The minimum atomic E-state index is -0.488. The Labute approximate surface area is 150 Å². The Kier molecular flexibility index (Phi) is 5.44. The van der Waals surface area contributed by atoms with Gasteiger partial charge >= 0.3 is 0 Å². The average Bonchev–Trinajstić information content (AvgIpc) is 3.02. The molecule has 1 aromatic carbocycles. The van der Waals surface area contributed by atoms with Crippen LogP contribution in [0.5, 0.6) is 0 Å². The van der Waals surface area contributed by atoms with Gasteiger partial charge < -0.3 is 14.6 Å². The predicted octanol–water partition coefficient (Wildman–Crippen LogP) is 2.84. The van der Waals surface area contributed by atoms with Crippen molar-refractivity contribution in [2.75, 3.05) is 13.6 Å². The van der Waals surface area contributed by atoms with Crippen LogP contribution in [-0.2, 0) is 4.79 Å². The van der Waals surface area contributed by atoms with E-state index < -0.39 is 10.8 Å². The van der Waals surface area contributed by atoms with Crippen molar-refractivity contribution in [1.29, 1.82) is 0 Å². The predicted molar refractivity (Wildman–Crippen MR) is 95.7 cm³/mol. The Morgan fingerprint density at radius 1 is 1.15 bits per heavy atom. The Hall–Kier alpha value is -3.16. The van der Waals surface area contributed by atoms with Crippen LogP contribution >= 0.6 is 0 Å². The van der Waals surface area contributed by atoms with E-state index in [2.05, 4.69) is 5.32 Å². The summed E-state index contributed by atoms with van der Waals surface area (Å²) in [6, 6.07) is 8.94. The number of non-ortho nitro benzene ring substituents is 1. The fourth-order valence-corrected chi connectivity index (χ4v) is 2.29. The van der Waals surface area contributed by atoms with Crippen LogP contribution in [0.2, 0.25) is 0 Å². The zero-order chi connectivity index (χ0) is 19.5. The molecule has 0 fully saturated rings. The lowest BCUT2D eigenvalue weighted by Gasteiger charge is -2.23. The number of amides is 2. The molecule has 0 saturated carbocycles. The van der Waals surface area contributed by atoms with E-state index >= 15 is 0 Å². The van der Waals surface area contributed by atoms with Crippen LogP contribution in [0.15, 0.2) is 40.8 Å². The minimum absolute atomic E-state index is 0.0267. The molecular formula is C18H21N3O5. The quantitative estimate of drug-likeness (QED) is 0.653. The molecular weight excluding hydrogens is 338 g/mol. The van der Waals surface area contributed by atoms with E-state index in [1.165, 1.54) is 30.1 Å². The topological polar surface area (TPSA) is 106 Å². The van der Waals surface area contributed by atoms with Crippen molar-refractivity contribution < 1.29 is 18.9 Å². The molecule has 26 heavy (non-hydrogen) atoms. The molecule has 138 valence electrons. The van der Waals surface area contributed by atoms with Gasteiger partial charge in [0, 0.05) is 30.3 Å². The molecule has 0 aliphatic heterocycles. The van der Waals surface area contributed by atoms with Crippen LogP contribution in [0.25, 0.3) is 11.3 Å². The fourth-order valence-electron chi connectivity index (χ4n) is 2.29. The Bertz CT molecular complexity index is 818. The standard InChI is InChI=1S/C18H21N3O5/c1-18(2,3)19-16(22)11-20(4)17(23)15-10-9-14(26-15)12-5-7-13(8-6-12)21(24)25/h5-10H,11H2,1-4H3,(H,19,22). The molecule has 2 aromatic rings. The van der Waals surface area contributed by atoms with E-state index in [1.807, 2.05) is 20.8 Å². The number of hydrogen-bond acceptors (Lipinski definition) is 5. The Morgan fingerprint density at radius 3 is 2.31 bits per heavy atom. The van der Waals surface area contributed by atoms with Crippen molar-refractivity contribution in [2.24, 2.45) is 0 Å². The van der Waals surface area contributed by atoms with Gasteiger partial charge in [0.1, 0.15) is 5.76 Å². The molecule has 0 unspecified atom stereocenters. The van der Waals surface area contributed by atoms with Gasteiger partial charge in [-0.05, 0) is 45.0 Å². The molecule has 0 atom stereocenters. The molecule has 2 rings (SSSR count). The number of nitrogens with zero attached hydrogens (tertiary/aromatic N) is 2. The van der Waals surface area contributed by atoms with Crippen molar-refractivity contribution in [3.05, 3.63) is 52.3 Å². The molecule has 0 aliphatic carbocycles. The van der Waals surface area contributed by atoms with Crippen LogP contribution in [-0.4, -0.2) is 40.8 Å². The van der Waals surface area contributed by atoms with Crippen LogP contribution in [0.3, 0.4) is 0 Å². The zero-order valence-corrected chi connectivity index (χ0v) is 15.1. The smallest absolute Gasteiger partial charge is 0.289 e. The largest absolute Gasteiger partial charge is 0.451 e. The van der Waals surface area contributed by atoms with Crippen molar-refractivity contribution >= 4 is 17.5 Å². The highest BCUT2D eigenvalue weighted by molar-refractivity contribution is 5.94. The zero-order valence-electron chi connectivity index (χ0n) is 15.1. The number of furan rings is 1. The highest BCUT2D eigenvalue weighted by Crippen LogP contribution is 2.25. The van der Waals surface area contributed by atoms with Gasteiger partial charge in [-0.25, -0.2) is 0 Å². The summed E-state index contributed by atoms with van der Waals surface area (Å²) in [5.41, 5.74) is 0.207. The summed E-state index contributed by atoms with van der Waals surface area (Å²) in [6.45, 7) is 5.48. The third-order valence-electron chi connectivity index (χ3n) is 3.42. The molecule has 8 heteroatoms. The van der Waals surface area contributed by atoms with Crippen molar-refractivity contribution in [3.63, 3.8) is 0 Å². The molecule has 0 bridgehead atoms. The number of carbonyl (C=O) groups excluding carboxylic acids is 2. The van der Waals surface area contributed by atoms with Gasteiger partial charge in [-0.3, -0.25) is 19.7 Å². The lowest BCUT2D eigenvalue weighted by Crippen LogP contribution is -2.46. The number of rotatable bonds is 5. The van der Waals surface area contributed by atoms with Gasteiger partial charge in [0.15, 0.2) is 5.76 Å². The van der Waals surface area contributed by atoms with Gasteiger partial charge in [0.05, 0.1) is 11.5 Å². The summed E-state index contributed by atoms with van der Waals surface area (Å²) in [5, 5.41) is 13.5. The first-order chi connectivity index (χ1) is 12.1. The van der Waals surface area contributed by atoms with E-state index in [0.29, 0.717) is 11.3 Å². The first-order valence-corrected chi connectivity index (χ1v) is 7.98. The summed E-state index contributed by atoms with van der Waals surface area (Å²) < 4.78 is 5.54. The number of nitro benzene ring substituents is 1. The highest BCUT2D eigenvalue weighted by Gasteiger charge is 2.21. The summed E-state index contributed by atoms with van der Waals surface area (Å²) >= 11 is 0. The minimum Gasteiger partial charge on any atom is -0.451 e. The van der Waals surface area contributed by atoms with Gasteiger partial charge in [-0.1, -0.05) is 0 Å². The summed E-state index contributed by atoms with van der Waals surface area (Å²) in [7, 11) is 1.51. The van der Waals surface area contributed by atoms with Gasteiger partial charge in [-0.15, -0.1) is 0 Å². The van der Waals surface area contributed by atoms with E-state index in [1.54, 1.807) is 18.2 Å². The number of nitrogens with one attached hydrogen (secondary N) is 1. The van der Waals surface area contributed by atoms with Gasteiger partial charge in [-0.2, -0.15) is 0 Å². The van der Waals surface area contributed by atoms with Crippen LogP contribution in [0, 0.1) is 10.1 Å². The second kappa shape index (κ2) is 7.38. The van der Waals surface area contributed by atoms with Crippen molar-refractivity contribution in [3.8, 4) is 11.3 Å². The molecule has 2 amide bonds. The normalized spacial score (nSPS) is 11.1. The summed E-state index contributed by atoms with van der Waals surface area (Å²) in [6.07, 6.45) is 0. The SMILES string of the molecule is CN(CC(=O)NC(C)(C)C)C(=O)c1ccc(-c2ccc([N+](=O)[O-])cc2)o1. The number of nitro groups is 1. The fraction of sp³-hybridized carbons (Fsp3) is 0.333. The summed E-state index contributed by atoms with van der Waals surface area (Å²) in [4.78, 5) is 35.8. The highest BCUT2D eigenvalue weighted by atomic mass is 16.6. The molecule has 1 heterocycles. The third kappa shape index (κ3) is 4.92. The van der Waals surface area contributed by atoms with E-state index in [0.717, 1.165) is 0 Å². The second-order valence-corrected chi connectivity index (χ2v) is 6.93. The van der Waals surface area contributed by atoms with E-state index in [4.69, 9.17) is 4.42 Å². The molecule has 1 N–H and O–H groups in total. The molecule has 1 aromatic heterocycles. The molecule has 0 spiro atoms. The number of carbonyl (C=O) groups is 2. The third-order valence-corrected chi connectivity index (χ3v) is 3.42. The van der Waals surface area contributed by atoms with Crippen molar-refractivity contribution in [1.82, 2.24) is 10.2 Å². The van der Waals surface area contributed by atoms with Crippen molar-refractivity contribution in [2.45, 2.75) is 26.3 Å². The molecule has 8 nitrogen and oxygen atoms in total. The average molecular weight is 359 g/mol. The Balaban J connectivity index is 2.07. The molecule has 0 aliphatic rings. The van der Waals surface area contributed by atoms with Gasteiger partial charge in [0.25, 0.3) is 11.6 Å². The first-order valence-electron chi connectivity index (χ1n) is 7.98. The number of hydrogen-bond donors (Lipinski definition) is 1. The molecule has 0 saturated heterocycles. The van der Waals surface area contributed by atoms with Crippen LogP contribution in [0.4, 0.5) is 5.69 Å². The number of likely N-dealkylation sites (N-methyl/N-ethyl adjacent to an activating group) is 1. The number of benzene rings is 1. The van der Waals surface area contributed by atoms with E-state index in [-0.39, 0.29) is 29.4 Å². The lowest BCUT2D eigenvalue weighted by atomic mass is 10.1. The maximum absolute atomic E-state index is 12.4. The monoisotopic (exact) mass is 359 g/mol.